The number of amidine groups is 1. The number of carboxylic acid groups (broad SMARTS) is 1. The van der Waals surface area contributed by atoms with Crippen LogP contribution in [0.5, 0.6) is 5.75 Å². The monoisotopic (exact) mass is 594 g/mol. The Hall–Kier alpha value is -4.64. The van der Waals surface area contributed by atoms with E-state index < -0.39 is 41.6 Å². The fourth-order valence-electron chi connectivity index (χ4n) is 5.71. The predicted molar refractivity (Wildman–Crippen MR) is 151 cm³/mol. The average Bonchev–Trinajstić information content (AvgIpc) is 3.37. The maximum Gasteiger partial charge on any atom is 0.416 e. The Labute approximate surface area is 244 Å². The second-order valence-electron chi connectivity index (χ2n) is 10.6. The quantitative estimate of drug-likeness (QED) is 0.300. The molecule has 0 aromatic heterocycles. The number of alkyl halides is 3. The van der Waals surface area contributed by atoms with Gasteiger partial charge in [-0.2, -0.15) is 13.2 Å². The summed E-state index contributed by atoms with van der Waals surface area (Å²) in [6.07, 6.45) is -0.869. The molecule has 1 N–H and O–H groups in total. The Kier molecular flexibility index (Phi) is 7.00. The fourth-order valence-corrected chi connectivity index (χ4v) is 5.71. The van der Waals surface area contributed by atoms with E-state index in [4.69, 9.17) is 14.2 Å². The number of fused-ring (bicyclic) bond motifs is 2. The molecule has 6 rings (SSSR count). The molecular weight excluding hydrogens is 568 g/mol. The van der Waals surface area contributed by atoms with E-state index in [0.717, 1.165) is 29.0 Å². The van der Waals surface area contributed by atoms with Crippen LogP contribution in [0.4, 0.5) is 28.9 Å². The SMILES string of the molecule is COc1ccc(C(F)(F)F)cc1N1C(c2ccc(C3=CC=C4OCOC4(C)C3)cc2)=Nc2c(F)cccc2C1CC(=O)O. The van der Waals surface area contributed by atoms with E-state index in [1.165, 1.54) is 36.3 Å². The largest absolute Gasteiger partial charge is 0.495 e. The van der Waals surface area contributed by atoms with Gasteiger partial charge in [0.2, 0.25) is 0 Å². The second-order valence-corrected chi connectivity index (χ2v) is 10.6. The topological polar surface area (TPSA) is 80.6 Å². The summed E-state index contributed by atoms with van der Waals surface area (Å²) >= 11 is 0. The molecular formula is C32H26F4N2O5. The van der Waals surface area contributed by atoms with Gasteiger partial charge in [-0.15, -0.1) is 0 Å². The van der Waals surface area contributed by atoms with Gasteiger partial charge < -0.3 is 24.2 Å². The molecule has 0 radical (unpaired) electrons. The van der Waals surface area contributed by atoms with Gasteiger partial charge in [-0.3, -0.25) is 4.79 Å². The summed E-state index contributed by atoms with van der Waals surface area (Å²) in [6, 6.07) is 13.1. The molecule has 3 aromatic rings. The molecule has 0 spiro atoms. The molecule has 1 fully saturated rings. The van der Waals surface area contributed by atoms with Crippen molar-refractivity contribution >= 4 is 28.8 Å². The van der Waals surface area contributed by atoms with Gasteiger partial charge in [0.1, 0.15) is 34.4 Å². The lowest BCUT2D eigenvalue weighted by Crippen LogP contribution is -2.39. The lowest BCUT2D eigenvalue weighted by Gasteiger charge is -2.39. The molecule has 43 heavy (non-hydrogen) atoms. The predicted octanol–water partition coefficient (Wildman–Crippen LogP) is 7.40. The number of ether oxygens (including phenoxy) is 3. The van der Waals surface area contributed by atoms with E-state index in [-0.39, 0.29) is 35.3 Å². The van der Waals surface area contributed by atoms with Crippen molar-refractivity contribution in [2.45, 2.75) is 37.6 Å². The zero-order chi connectivity index (χ0) is 30.5. The summed E-state index contributed by atoms with van der Waals surface area (Å²) in [4.78, 5) is 18.0. The molecule has 7 nitrogen and oxygen atoms in total. The first-order chi connectivity index (χ1) is 20.5. The van der Waals surface area contributed by atoms with Gasteiger partial charge in [-0.05, 0) is 48.4 Å². The van der Waals surface area contributed by atoms with E-state index in [0.29, 0.717) is 12.0 Å². The first-order valence-corrected chi connectivity index (χ1v) is 13.4. The van der Waals surface area contributed by atoms with E-state index in [2.05, 4.69) is 4.99 Å². The third kappa shape index (κ3) is 5.14. The van der Waals surface area contributed by atoms with Crippen LogP contribution in [0, 0.1) is 5.82 Å². The number of benzene rings is 3. The first kappa shape index (κ1) is 28.5. The maximum atomic E-state index is 15.1. The molecule has 3 aliphatic rings. The molecule has 0 saturated carbocycles. The van der Waals surface area contributed by atoms with Gasteiger partial charge in [-0.25, -0.2) is 9.38 Å². The van der Waals surface area contributed by atoms with Crippen LogP contribution in [0.1, 0.15) is 48.1 Å². The normalized spacial score (nSPS) is 21.2. The van der Waals surface area contributed by atoms with Crippen molar-refractivity contribution < 1.29 is 41.7 Å². The third-order valence-electron chi connectivity index (χ3n) is 7.86. The molecule has 2 heterocycles. The van der Waals surface area contributed by atoms with Crippen molar-refractivity contribution in [3.05, 3.63) is 107 Å². The summed E-state index contributed by atoms with van der Waals surface area (Å²) in [7, 11) is 1.30. The molecule has 2 atom stereocenters. The van der Waals surface area contributed by atoms with E-state index in [9.17, 15) is 23.1 Å². The van der Waals surface area contributed by atoms with Crippen LogP contribution < -0.4 is 9.64 Å². The first-order valence-electron chi connectivity index (χ1n) is 13.4. The number of carbonyl (C=O) groups is 1. The molecule has 3 aromatic carbocycles. The van der Waals surface area contributed by atoms with Crippen molar-refractivity contribution in [3.8, 4) is 5.75 Å². The number of methoxy groups -OCH3 is 1. The minimum absolute atomic E-state index is 0.0553. The minimum Gasteiger partial charge on any atom is -0.495 e. The number of para-hydroxylation sites is 1. The summed E-state index contributed by atoms with van der Waals surface area (Å²) in [6.45, 7) is 2.12. The molecule has 11 heteroatoms. The highest BCUT2D eigenvalue weighted by Gasteiger charge is 2.41. The van der Waals surface area contributed by atoms with Gasteiger partial charge in [0, 0.05) is 17.5 Å². The number of carboxylic acids is 1. The molecule has 1 aliphatic carbocycles. The number of anilines is 1. The summed E-state index contributed by atoms with van der Waals surface area (Å²) in [5.74, 6) is -1.02. The summed E-state index contributed by atoms with van der Waals surface area (Å²) in [5.41, 5.74) is 0.832. The van der Waals surface area contributed by atoms with Crippen LogP contribution in [0.25, 0.3) is 5.57 Å². The standard InChI is InChI=1S/C32H26F4N2O5/c1-31-16-20(10-13-27(31)42-17-43-31)18-6-8-19(9-7-18)30-37-29-22(4-3-5-23(29)33)24(15-28(39)40)38(30)25-14-21(32(34,35)36)11-12-26(25)41-2/h3-14,24H,15-17H2,1-2H3,(H,39,40). The molecule has 2 aliphatic heterocycles. The van der Waals surface area contributed by atoms with E-state index >= 15 is 4.39 Å². The van der Waals surface area contributed by atoms with E-state index in [1.54, 1.807) is 12.1 Å². The lowest BCUT2D eigenvalue weighted by atomic mass is 9.86. The van der Waals surface area contributed by atoms with Gasteiger partial charge in [0.25, 0.3) is 0 Å². The number of aliphatic carboxylic acids is 1. The van der Waals surface area contributed by atoms with Crippen LogP contribution in [-0.2, 0) is 20.4 Å². The average molecular weight is 595 g/mol. The molecule has 0 amide bonds. The number of hydrogen-bond acceptors (Lipinski definition) is 6. The van der Waals surface area contributed by atoms with Gasteiger partial charge in [0.05, 0.1) is 30.8 Å². The number of halogens is 4. The lowest BCUT2D eigenvalue weighted by molar-refractivity contribution is -0.138. The molecule has 222 valence electrons. The van der Waals surface area contributed by atoms with Gasteiger partial charge >= 0.3 is 12.1 Å². The maximum absolute atomic E-state index is 15.1. The van der Waals surface area contributed by atoms with Gasteiger partial charge in [-0.1, -0.05) is 42.5 Å². The molecule has 0 bridgehead atoms. The van der Waals surface area contributed by atoms with Crippen molar-refractivity contribution in [1.82, 2.24) is 0 Å². The van der Waals surface area contributed by atoms with Crippen molar-refractivity contribution in [1.29, 1.82) is 0 Å². The Morgan fingerprint density at radius 2 is 1.86 bits per heavy atom. The Morgan fingerprint density at radius 3 is 2.56 bits per heavy atom. The fraction of sp³-hybridized carbons (Fsp3) is 0.250. The smallest absolute Gasteiger partial charge is 0.416 e. The number of nitrogens with zero attached hydrogens (tertiary/aromatic N) is 2. The highest BCUT2D eigenvalue weighted by atomic mass is 19.4. The van der Waals surface area contributed by atoms with Gasteiger partial charge in [0.15, 0.2) is 6.79 Å². The number of aliphatic imine (C=N–C) groups is 1. The highest BCUT2D eigenvalue weighted by Crippen LogP contribution is 2.47. The Balaban J connectivity index is 1.50. The number of rotatable bonds is 6. The van der Waals surface area contributed by atoms with Crippen LogP contribution in [0.3, 0.4) is 0 Å². The number of allylic oxidation sites excluding steroid dienone is 2. The van der Waals surface area contributed by atoms with Crippen molar-refractivity contribution in [3.63, 3.8) is 0 Å². The Bertz CT molecular complexity index is 1700. The third-order valence-corrected chi connectivity index (χ3v) is 7.86. The van der Waals surface area contributed by atoms with Crippen LogP contribution in [0.15, 0.2) is 83.6 Å². The van der Waals surface area contributed by atoms with Crippen LogP contribution >= 0.6 is 0 Å². The summed E-state index contributed by atoms with van der Waals surface area (Å²) in [5, 5.41) is 9.86. The van der Waals surface area contributed by atoms with Crippen LogP contribution in [-0.4, -0.2) is 36.4 Å². The summed E-state index contributed by atoms with van der Waals surface area (Å²) < 4.78 is 73.5. The number of hydrogen-bond donors (Lipinski definition) is 1. The zero-order valence-corrected chi connectivity index (χ0v) is 23.1. The molecule has 1 saturated heterocycles. The molecule has 2 unspecified atom stereocenters. The zero-order valence-electron chi connectivity index (χ0n) is 23.1. The minimum atomic E-state index is -4.69. The van der Waals surface area contributed by atoms with Crippen LogP contribution in [0.2, 0.25) is 0 Å². The highest BCUT2D eigenvalue weighted by molar-refractivity contribution is 6.14. The van der Waals surface area contributed by atoms with Crippen molar-refractivity contribution in [2.24, 2.45) is 4.99 Å². The Morgan fingerprint density at radius 1 is 1.12 bits per heavy atom. The van der Waals surface area contributed by atoms with E-state index in [1.807, 2.05) is 31.2 Å². The second kappa shape index (κ2) is 10.6. The van der Waals surface area contributed by atoms with Crippen molar-refractivity contribution in [2.75, 3.05) is 18.8 Å².